The number of nitrogens with one attached hydrogen (secondary N) is 1. The molecule has 0 aliphatic carbocycles. The van der Waals surface area contributed by atoms with Gasteiger partial charge in [0, 0.05) is 23.3 Å². The van der Waals surface area contributed by atoms with Crippen LogP contribution in [0.25, 0.3) is 0 Å². The second-order valence-electron chi connectivity index (χ2n) is 5.58. The fourth-order valence-corrected chi connectivity index (χ4v) is 3.56. The van der Waals surface area contributed by atoms with E-state index in [0.29, 0.717) is 37.6 Å². The van der Waals surface area contributed by atoms with Gasteiger partial charge in [-0.2, -0.15) is 10.2 Å². The number of nitrogens with zero attached hydrogens (tertiary/aromatic N) is 4. The SMILES string of the molecule is Cc1nn(C)c(C(=O)Nc2nn(Cc3ccc(Cl)cc3Cl)cc2Br)c1Cl. The lowest BCUT2D eigenvalue weighted by Gasteiger charge is -2.05. The Morgan fingerprint density at radius 3 is 2.62 bits per heavy atom. The average molecular weight is 478 g/mol. The Morgan fingerprint density at radius 2 is 2.00 bits per heavy atom. The maximum absolute atomic E-state index is 12.5. The lowest BCUT2D eigenvalue weighted by molar-refractivity contribution is 0.101. The molecule has 26 heavy (non-hydrogen) atoms. The summed E-state index contributed by atoms with van der Waals surface area (Å²) in [6, 6.07) is 5.26. The van der Waals surface area contributed by atoms with Crippen molar-refractivity contribution in [2.24, 2.45) is 7.05 Å². The van der Waals surface area contributed by atoms with Gasteiger partial charge in [-0.1, -0.05) is 40.9 Å². The molecule has 1 N–H and O–H groups in total. The number of rotatable bonds is 4. The van der Waals surface area contributed by atoms with Crippen molar-refractivity contribution in [3.05, 3.63) is 60.9 Å². The molecule has 136 valence electrons. The van der Waals surface area contributed by atoms with Gasteiger partial charge in [0.25, 0.3) is 5.91 Å². The number of hydrogen-bond donors (Lipinski definition) is 1. The molecule has 3 rings (SSSR count). The van der Waals surface area contributed by atoms with Crippen LogP contribution in [0.4, 0.5) is 5.82 Å². The van der Waals surface area contributed by atoms with E-state index in [1.165, 1.54) is 4.68 Å². The van der Waals surface area contributed by atoms with Gasteiger partial charge < -0.3 is 5.32 Å². The lowest BCUT2D eigenvalue weighted by Crippen LogP contribution is -2.17. The number of aryl methyl sites for hydroxylation is 2. The van der Waals surface area contributed by atoms with Crippen molar-refractivity contribution in [1.82, 2.24) is 19.6 Å². The summed E-state index contributed by atoms with van der Waals surface area (Å²) in [4.78, 5) is 12.5. The smallest absolute Gasteiger partial charge is 0.276 e. The van der Waals surface area contributed by atoms with E-state index in [4.69, 9.17) is 34.8 Å². The molecule has 0 aliphatic rings. The van der Waals surface area contributed by atoms with Gasteiger partial charge in [0.1, 0.15) is 5.69 Å². The first-order valence-electron chi connectivity index (χ1n) is 7.43. The van der Waals surface area contributed by atoms with E-state index in [0.717, 1.165) is 5.56 Å². The maximum atomic E-state index is 12.5. The third-order valence-corrected chi connectivity index (χ3v) is 5.28. The zero-order valence-electron chi connectivity index (χ0n) is 13.7. The summed E-state index contributed by atoms with van der Waals surface area (Å²) >= 11 is 21.7. The Morgan fingerprint density at radius 1 is 1.27 bits per heavy atom. The highest BCUT2D eigenvalue weighted by atomic mass is 79.9. The second kappa shape index (κ2) is 7.60. The van der Waals surface area contributed by atoms with Crippen molar-refractivity contribution in [1.29, 1.82) is 0 Å². The maximum Gasteiger partial charge on any atom is 0.276 e. The van der Waals surface area contributed by atoms with Gasteiger partial charge >= 0.3 is 0 Å². The lowest BCUT2D eigenvalue weighted by atomic mass is 10.2. The van der Waals surface area contributed by atoms with Crippen molar-refractivity contribution < 1.29 is 4.79 Å². The Hall–Kier alpha value is -1.54. The van der Waals surface area contributed by atoms with Gasteiger partial charge in [-0.15, -0.1) is 0 Å². The van der Waals surface area contributed by atoms with Crippen LogP contribution in [0.15, 0.2) is 28.9 Å². The quantitative estimate of drug-likeness (QED) is 0.578. The van der Waals surface area contributed by atoms with Gasteiger partial charge in [-0.05, 0) is 40.5 Å². The van der Waals surface area contributed by atoms with Crippen LogP contribution in [-0.2, 0) is 13.6 Å². The van der Waals surface area contributed by atoms with Gasteiger partial charge in [-0.3, -0.25) is 14.2 Å². The normalized spacial score (nSPS) is 11.0. The average Bonchev–Trinajstić information content (AvgIpc) is 3.01. The summed E-state index contributed by atoms with van der Waals surface area (Å²) in [5.74, 6) is -0.0245. The number of anilines is 1. The number of halogens is 4. The molecular weight excluding hydrogens is 464 g/mol. The number of aromatic nitrogens is 4. The zero-order chi connectivity index (χ0) is 19.0. The second-order valence-corrected chi connectivity index (χ2v) is 7.66. The molecule has 6 nitrogen and oxygen atoms in total. The monoisotopic (exact) mass is 475 g/mol. The van der Waals surface area contributed by atoms with Crippen LogP contribution in [0.2, 0.25) is 15.1 Å². The van der Waals surface area contributed by atoms with E-state index < -0.39 is 5.91 Å². The van der Waals surface area contributed by atoms with Gasteiger partial charge in [0.05, 0.1) is 21.7 Å². The number of hydrogen-bond acceptors (Lipinski definition) is 3. The van der Waals surface area contributed by atoms with E-state index in [9.17, 15) is 4.79 Å². The molecule has 0 saturated carbocycles. The number of benzene rings is 1. The molecule has 3 aromatic rings. The standard InChI is InChI=1S/C16H13BrCl3N5O/c1-8-13(20)14(24(2)22-8)16(26)21-15-11(17)7-25(23-15)6-9-3-4-10(18)5-12(9)19/h3-5,7H,6H2,1-2H3,(H,21,23,26). The molecule has 0 fully saturated rings. The summed E-state index contributed by atoms with van der Waals surface area (Å²) in [6.07, 6.45) is 1.75. The topological polar surface area (TPSA) is 64.7 Å². The van der Waals surface area contributed by atoms with Gasteiger partial charge in [0.2, 0.25) is 0 Å². The zero-order valence-corrected chi connectivity index (χ0v) is 17.6. The highest BCUT2D eigenvalue weighted by Gasteiger charge is 2.20. The van der Waals surface area contributed by atoms with Crippen molar-refractivity contribution in [2.75, 3.05) is 5.32 Å². The highest BCUT2D eigenvalue weighted by Crippen LogP contribution is 2.26. The van der Waals surface area contributed by atoms with Crippen LogP contribution in [0.3, 0.4) is 0 Å². The molecule has 0 radical (unpaired) electrons. The minimum Gasteiger partial charge on any atom is -0.303 e. The summed E-state index contributed by atoms with van der Waals surface area (Å²) < 4.78 is 3.72. The molecule has 0 saturated heterocycles. The molecule has 2 heterocycles. The summed E-state index contributed by atoms with van der Waals surface area (Å²) in [5.41, 5.74) is 1.71. The predicted molar refractivity (Wildman–Crippen MR) is 106 cm³/mol. The number of amides is 1. The molecule has 0 bridgehead atoms. The number of carbonyl (C=O) groups excluding carboxylic acids is 1. The van der Waals surface area contributed by atoms with Crippen LogP contribution >= 0.6 is 50.7 Å². The van der Waals surface area contributed by atoms with Gasteiger partial charge in [0.15, 0.2) is 5.82 Å². The van der Waals surface area contributed by atoms with E-state index >= 15 is 0 Å². The molecule has 2 aromatic heterocycles. The Balaban J connectivity index is 1.81. The summed E-state index contributed by atoms with van der Waals surface area (Å²) in [5, 5.41) is 12.7. The van der Waals surface area contributed by atoms with Crippen molar-refractivity contribution in [3.8, 4) is 0 Å². The van der Waals surface area contributed by atoms with Crippen LogP contribution < -0.4 is 5.32 Å². The highest BCUT2D eigenvalue weighted by molar-refractivity contribution is 9.10. The van der Waals surface area contributed by atoms with Crippen molar-refractivity contribution >= 4 is 62.5 Å². The molecule has 0 atom stereocenters. The Labute approximate surface area is 173 Å². The first-order chi connectivity index (χ1) is 12.3. The molecule has 1 amide bonds. The molecule has 0 unspecified atom stereocenters. The van der Waals surface area contributed by atoms with Crippen LogP contribution in [0.1, 0.15) is 21.7 Å². The van der Waals surface area contributed by atoms with E-state index in [-0.39, 0.29) is 5.69 Å². The first-order valence-corrected chi connectivity index (χ1v) is 9.36. The predicted octanol–water partition coefficient (Wildman–Crippen LogP) is 4.95. The van der Waals surface area contributed by atoms with E-state index in [1.807, 2.05) is 6.07 Å². The third kappa shape index (κ3) is 3.91. The fourth-order valence-electron chi connectivity index (χ4n) is 2.43. The Kier molecular flexibility index (Phi) is 5.62. The molecular formula is C16H13BrCl3N5O. The molecule has 1 aromatic carbocycles. The number of carbonyl (C=O) groups is 1. The summed E-state index contributed by atoms with van der Waals surface area (Å²) in [7, 11) is 1.66. The fraction of sp³-hybridized carbons (Fsp3) is 0.188. The Bertz CT molecular complexity index is 998. The van der Waals surface area contributed by atoms with Crippen molar-refractivity contribution in [3.63, 3.8) is 0 Å². The van der Waals surface area contributed by atoms with Crippen LogP contribution in [0, 0.1) is 6.92 Å². The third-order valence-electron chi connectivity index (χ3n) is 3.66. The minimum atomic E-state index is -0.395. The molecule has 0 aliphatic heterocycles. The van der Waals surface area contributed by atoms with Crippen LogP contribution in [0.5, 0.6) is 0 Å². The first kappa shape index (κ1) is 19.2. The molecule has 0 spiro atoms. The molecule has 10 heteroatoms. The largest absolute Gasteiger partial charge is 0.303 e. The van der Waals surface area contributed by atoms with E-state index in [2.05, 4.69) is 31.4 Å². The van der Waals surface area contributed by atoms with Gasteiger partial charge in [-0.25, -0.2) is 0 Å². The minimum absolute atomic E-state index is 0.270. The van der Waals surface area contributed by atoms with Crippen molar-refractivity contribution in [2.45, 2.75) is 13.5 Å². The van der Waals surface area contributed by atoms with E-state index in [1.54, 1.807) is 37.0 Å². The summed E-state index contributed by atoms with van der Waals surface area (Å²) in [6.45, 7) is 2.16. The van der Waals surface area contributed by atoms with Crippen LogP contribution in [-0.4, -0.2) is 25.5 Å².